The molecule has 0 spiro atoms. The number of carbonyl (C=O) groups excluding carboxylic acids is 1. The van der Waals surface area contributed by atoms with Gasteiger partial charge in [0, 0.05) is 19.7 Å². The topological polar surface area (TPSA) is 96.5 Å². The molecule has 166 valence electrons. The zero-order valence-corrected chi connectivity index (χ0v) is 19.6. The van der Waals surface area contributed by atoms with E-state index in [-0.39, 0.29) is 21.7 Å². The van der Waals surface area contributed by atoms with Gasteiger partial charge in [0.15, 0.2) is 5.11 Å². The van der Waals surface area contributed by atoms with E-state index in [1.54, 1.807) is 18.2 Å². The number of carbonyl (C=O) groups is 1. The van der Waals surface area contributed by atoms with Crippen molar-refractivity contribution in [2.75, 3.05) is 20.7 Å². The first kappa shape index (κ1) is 24.4. The summed E-state index contributed by atoms with van der Waals surface area (Å²) in [6.45, 7) is 4.37. The highest BCUT2D eigenvalue weighted by atomic mass is 32.2. The van der Waals surface area contributed by atoms with Crippen LogP contribution in [0.1, 0.15) is 22.3 Å². The number of hydrogen-bond acceptors (Lipinski definition) is 5. The molecule has 2 aromatic carbocycles. The highest BCUT2D eigenvalue weighted by Crippen LogP contribution is 2.25. The van der Waals surface area contributed by atoms with Crippen molar-refractivity contribution in [3.8, 4) is 5.75 Å². The van der Waals surface area contributed by atoms with Crippen molar-refractivity contribution in [1.29, 1.82) is 0 Å². The fourth-order valence-electron chi connectivity index (χ4n) is 2.88. The maximum Gasteiger partial charge on any atom is 0.267 e. The highest BCUT2D eigenvalue weighted by Gasteiger charge is 2.21. The molecule has 2 aromatic rings. The van der Waals surface area contributed by atoms with Gasteiger partial charge in [0.2, 0.25) is 5.91 Å². The molecule has 0 saturated heterocycles. The van der Waals surface area contributed by atoms with Crippen LogP contribution in [-0.4, -0.2) is 40.1 Å². The number of aryl methyl sites for hydroxylation is 2. The largest absolute Gasteiger partial charge is 0.495 e. The summed E-state index contributed by atoms with van der Waals surface area (Å²) in [5, 5.41) is 5.36. The Hall–Kier alpha value is -2.91. The zero-order chi connectivity index (χ0) is 23.0. The molecule has 0 aliphatic heterocycles. The zero-order valence-electron chi connectivity index (χ0n) is 18.0. The number of ether oxygens (including phenoxy) is 1. The summed E-state index contributed by atoms with van der Waals surface area (Å²) >= 11 is 4.89. The first-order chi connectivity index (χ1) is 14.7. The Morgan fingerprint density at radius 3 is 2.55 bits per heavy atom. The smallest absolute Gasteiger partial charge is 0.267 e. The first-order valence-corrected chi connectivity index (χ1v) is 11.5. The van der Waals surface area contributed by atoms with Gasteiger partial charge < -0.3 is 15.4 Å². The van der Waals surface area contributed by atoms with E-state index in [1.807, 2.05) is 26.0 Å². The normalized spacial score (nSPS) is 11.2. The minimum atomic E-state index is -3.90. The molecule has 0 heterocycles. The van der Waals surface area contributed by atoms with Crippen molar-refractivity contribution in [3.05, 3.63) is 64.7 Å². The number of hydrogen-bond donors (Lipinski definition) is 3. The van der Waals surface area contributed by atoms with Gasteiger partial charge in [-0.05, 0) is 67.4 Å². The minimum Gasteiger partial charge on any atom is -0.495 e. The molecule has 31 heavy (non-hydrogen) atoms. The van der Waals surface area contributed by atoms with Crippen LogP contribution in [0.3, 0.4) is 0 Å². The maximum absolute atomic E-state index is 12.6. The van der Waals surface area contributed by atoms with Gasteiger partial charge in [0.1, 0.15) is 10.6 Å². The van der Waals surface area contributed by atoms with Crippen molar-refractivity contribution in [2.24, 2.45) is 0 Å². The summed E-state index contributed by atoms with van der Waals surface area (Å²) in [7, 11) is -0.983. The monoisotopic (exact) mass is 461 g/mol. The quantitative estimate of drug-likeness (QED) is 0.413. The summed E-state index contributed by atoms with van der Waals surface area (Å²) in [6, 6.07) is 10.9. The third-order valence-electron chi connectivity index (χ3n) is 4.52. The van der Waals surface area contributed by atoms with E-state index in [9.17, 15) is 13.2 Å². The molecular formula is C22H27N3O4S2. The van der Waals surface area contributed by atoms with Crippen molar-refractivity contribution in [1.82, 2.24) is 15.4 Å². The average Bonchev–Trinajstić information content (AvgIpc) is 2.72. The summed E-state index contributed by atoms with van der Waals surface area (Å²) < 4.78 is 32.6. The Kier molecular flexibility index (Phi) is 8.58. The Balaban J connectivity index is 2.02. The van der Waals surface area contributed by atoms with Crippen molar-refractivity contribution < 1.29 is 17.9 Å². The van der Waals surface area contributed by atoms with E-state index in [0.717, 1.165) is 16.7 Å². The first-order valence-electron chi connectivity index (χ1n) is 9.61. The van der Waals surface area contributed by atoms with Crippen molar-refractivity contribution in [3.63, 3.8) is 0 Å². The third-order valence-corrected chi connectivity index (χ3v) is 6.33. The van der Waals surface area contributed by atoms with Crippen LogP contribution in [-0.2, 0) is 21.2 Å². The Morgan fingerprint density at radius 2 is 1.90 bits per heavy atom. The summed E-state index contributed by atoms with van der Waals surface area (Å²) in [5.74, 6) is -0.0158. The van der Waals surface area contributed by atoms with Gasteiger partial charge in [-0.1, -0.05) is 29.8 Å². The van der Waals surface area contributed by atoms with Crippen LogP contribution < -0.4 is 20.1 Å². The van der Waals surface area contributed by atoms with Gasteiger partial charge in [-0.25, -0.2) is 8.42 Å². The molecule has 2 rings (SSSR count). The molecular weight excluding hydrogens is 434 g/mol. The lowest BCUT2D eigenvalue weighted by molar-refractivity contribution is -0.116. The second-order valence-corrected chi connectivity index (χ2v) is 8.96. The molecule has 9 heteroatoms. The van der Waals surface area contributed by atoms with E-state index in [2.05, 4.69) is 21.4 Å². The molecule has 7 nitrogen and oxygen atoms in total. The number of methoxy groups -OCH3 is 1. The Bertz CT molecular complexity index is 1100. The predicted octanol–water partition coefficient (Wildman–Crippen LogP) is 2.47. The number of benzene rings is 2. The summed E-state index contributed by atoms with van der Waals surface area (Å²) in [5.41, 5.74) is 3.98. The highest BCUT2D eigenvalue weighted by molar-refractivity contribution is 7.92. The molecule has 0 atom stereocenters. The molecule has 0 aliphatic carbocycles. The van der Waals surface area contributed by atoms with Crippen LogP contribution in [0.4, 0.5) is 0 Å². The van der Waals surface area contributed by atoms with Gasteiger partial charge in [-0.3, -0.25) is 9.52 Å². The summed E-state index contributed by atoms with van der Waals surface area (Å²) in [4.78, 5) is 12.1. The summed E-state index contributed by atoms with van der Waals surface area (Å²) in [6.07, 6.45) is 3.72. The molecule has 0 fully saturated rings. The van der Waals surface area contributed by atoms with Crippen molar-refractivity contribution >= 4 is 39.3 Å². The lowest BCUT2D eigenvalue weighted by atomic mass is 10.1. The second kappa shape index (κ2) is 10.9. The lowest BCUT2D eigenvalue weighted by Crippen LogP contribution is -2.37. The van der Waals surface area contributed by atoms with Gasteiger partial charge >= 0.3 is 0 Å². The van der Waals surface area contributed by atoms with Crippen LogP contribution in [0.25, 0.3) is 6.08 Å². The van der Waals surface area contributed by atoms with Crippen molar-refractivity contribution in [2.45, 2.75) is 25.2 Å². The van der Waals surface area contributed by atoms with Gasteiger partial charge in [-0.2, -0.15) is 0 Å². The molecule has 1 amide bonds. The number of amides is 1. The van der Waals surface area contributed by atoms with Crippen LogP contribution >= 0.6 is 12.2 Å². The molecule has 0 unspecified atom stereocenters. The number of rotatable bonds is 8. The number of thiocarbonyl (C=S) groups is 1. The minimum absolute atomic E-state index is 0.0182. The standard InChI is InChI=1S/C22H27N3O4S2/c1-15-5-7-18(16(2)13-15)8-10-21(26)24-12-11-17-6-9-19(29-4)20(14-17)31(27,28)25-22(30)23-3/h5-10,13-14H,11-12H2,1-4H3,(H,24,26)(H2,23,25,30). The van der Waals surface area contributed by atoms with Crippen LogP contribution in [0, 0.1) is 13.8 Å². The molecule has 0 aliphatic rings. The lowest BCUT2D eigenvalue weighted by Gasteiger charge is -2.13. The average molecular weight is 462 g/mol. The molecule has 3 N–H and O–H groups in total. The molecule has 0 aromatic heterocycles. The van der Waals surface area contributed by atoms with E-state index >= 15 is 0 Å². The van der Waals surface area contributed by atoms with E-state index in [4.69, 9.17) is 17.0 Å². The Morgan fingerprint density at radius 1 is 1.16 bits per heavy atom. The van der Waals surface area contributed by atoms with Crippen LogP contribution in [0.15, 0.2) is 47.4 Å². The number of sulfonamides is 1. The Labute approximate surface area is 188 Å². The van der Waals surface area contributed by atoms with E-state index in [1.165, 1.54) is 31.9 Å². The van der Waals surface area contributed by atoms with E-state index < -0.39 is 10.0 Å². The van der Waals surface area contributed by atoms with Gasteiger partial charge in [-0.15, -0.1) is 0 Å². The maximum atomic E-state index is 12.6. The third kappa shape index (κ3) is 7.08. The SMILES string of the molecule is CNC(=S)NS(=O)(=O)c1cc(CCNC(=O)C=Cc2ccc(C)cc2C)ccc1OC. The predicted molar refractivity (Wildman–Crippen MR) is 127 cm³/mol. The molecule has 0 saturated carbocycles. The molecule has 0 radical (unpaired) electrons. The second-order valence-electron chi connectivity index (χ2n) is 6.90. The fraction of sp³-hybridized carbons (Fsp3) is 0.273. The van der Waals surface area contributed by atoms with Crippen LogP contribution in [0.2, 0.25) is 0 Å². The fourth-order valence-corrected chi connectivity index (χ4v) is 4.39. The number of nitrogens with one attached hydrogen (secondary N) is 3. The molecule has 0 bridgehead atoms. The van der Waals surface area contributed by atoms with Gasteiger partial charge in [0.05, 0.1) is 7.11 Å². The van der Waals surface area contributed by atoms with Crippen LogP contribution in [0.5, 0.6) is 5.75 Å². The van der Waals surface area contributed by atoms with E-state index in [0.29, 0.717) is 13.0 Å². The van der Waals surface area contributed by atoms with Gasteiger partial charge in [0.25, 0.3) is 10.0 Å².